The van der Waals surface area contributed by atoms with Crippen LogP contribution in [0.2, 0.25) is 0 Å². The molecule has 7 heteroatoms. The molecule has 1 aliphatic carbocycles. The van der Waals surface area contributed by atoms with E-state index in [0.29, 0.717) is 18.4 Å². The van der Waals surface area contributed by atoms with Crippen molar-refractivity contribution in [1.82, 2.24) is 4.98 Å². The SMILES string of the molecule is NS(=O)(=O)c1cccc2c1CCCN2Cc1ncc(C2CC2)o1. The second-order valence-corrected chi connectivity index (χ2v) is 7.78. The molecule has 2 N–H and O–H groups in total. The number of aromatic nitrogens is 1. The summed E-state index contributed by atoms with van der Waals surface area (Å²) in [6.07, 6.45) is 5.78. The smallest absolute Gasteiger partial charge is 0.238 e. The Labute approximate surface area is 135 Å². The fraction of sp³-hybridized carbons (Fsp3) is 0.438. The van der Waals surface area contributed by atoms with Crippen LogP contribution in [0.4, 0.5) is 5.69 Å². The summed E-state index contributed by atoms with van der Waals surface area (Å²) in [6, 6.07) is 5.25. The minimum atomic E-state index is -3.71. The number of nitrogens with zero attached hydrogens (tertiary/aromatic N) is 2. The predicted octanol–water partition coefficient (Wildman–Crippen LogP) is 2.15. The number of fused-ring (bicyclic) bond motifs is 1. The van der Waals surface area contributed by atoms with E-state index in [4.69, 9.17) is 9.56 Å². The first-order valence-electron chi connectivity index (χ1n) is 7.86. The van der Waals surface area contributed by atoms with Crippen LogP contribution in [0, 0.1) is 0 Å². The third-order valence-corrected chi connectivity index (χ3v) is 5.48. The summed E-state index contributed by atoms with van der Waals surface area (Å²) in [5, 5.41) is 5.35. The molecule has 0 saturated heterocycles. The van der Waals surface area contributed by atoms with Crippen molar-refractivity contribution in [3.05, 3.63) is 41.6 Å². The average molecular weight is 333 g/mol. The van der Waals surface area contributed by atoms with Gasteiger partial charge in [-0.05, 0) is 43.4 Å². The van der Waals surface area contributed by atoms with E-state index in [1.165, 1.54) is 12.8 Å². The molecule has 122 valence electrons. The van der Waals surface area contributed by atoms with Crippen LogP contribution in [0.25, 0.3) is 0 Å². The number of benzene rings is 1. The average Bonchev–Trinajstić information content (AvgIpc) is 3.26. The van der Waals surface area contributed by atoms with Crippen molar-refractivity contribution in [3.63, 3.8) is 0 Å². The standard InChI is InChI=1S/C16H19N3O3S/c17-23(20,21)15-5-1-4-13-12(15)3-2-8-19(13)10-16-18-9-14(22-16)11-6-7-11/h1,4-5,9,11H,2-3,6-8,10H2,(H2,17,20,21). The fourth-order valence-corrected chi connectivity index (χ4v) is 4.04. The largest absolute Gasteiger partial charge is 0.443 e. The maximum Gasteiger partial charge on any atom is 0.238 e. The van der Waals surface area contributed by atoms with E-state index >= 15 is 0 Å². The summed E-state index contributed by atoms with van der Waals surface area (Å²) >= 11 is 0. The van der Waals surface area contributed by atoms with Gasteiger partial charge in [0.05, 0.1) is 17.6 Å². The van der Waals surface area contributed by atoms with Crippen molar-refractivity contribution in [2.45, 2.75) is 43.0 Å². The molecule has 23 heavy (non-hydrogen) atoms. The summed E-state index contributed by atoms with van der Waals surface area (Å²) in [5.41, 5.74) is 1.71. The van der Waals surface area contributed by atoms with Crippen LogP contribution in [-0.4, -0.2) is 19.9 Å². The Balaban J connectivity index is 1.64. The van der Waals surface area contributed by atoms with Crippen molar-refractivity contribution in [3.8, 4) is 0 Å². The molecular formula is C16H19N3O3S. The van der Waals surface area contributed by atoms with Crippen molar-refractivity contribution < 1.29 is 12.8 Å². The highest BCUT2D eigenvalue weighted by Crippen LogP contribution is 2.40. The molecule has 1 fully saturated rings. The molecule has 2 heterocycles. The third kappa shape index (κ3) is 2.86. The zero-order chi connectivity index (χ0) is 16.0. The highest BCUT2D eigenvalue weighted by molar-refractivity contribution is 7.89. The van der Waals surface area contributed by atoms with Gasteiger partial charge in [-0.2, -0.15) is 0 Å². The van der Waals surface area contributed by atoms with Crippen LogP contribution in [-0.2, 0) is 23.0 Å². The van der Waals surface area contributed by atoms with Gasteiger partial charge in [-0.15, -0.1) is 0 Å². The van der Waals surface area contributed by atoms with E-state index < -0.39 is 10.0 Å². The van der Waals surface area contributed by atoms with E-state index in [9.17, 15) is 8.42 Å². The lowest BCUT2D eigenvalue weighted by Gasteiger charge is -2.31. The lowest BCUT2D eigenvalue weighted by Crippen LogP contribution is -2.30. The molecule has 0 amide bonds. The van der Waals surface area contributed by atoms with E-state index in [1.807, 2.05) is 12.3 Å². The van der Waals surface area contributed by atoms with Crippen molar-refractivity contribution in [1.29, 1.82) is 0 Å². The molecule has 1 saturated carbocycles. The summed E-state index contributed by atoms with van der Waals surface area (Å²) < 4.78 is 29.4. The fourth-order valence-electron chi connectivity index (χ4n) is 3.22. The van der Waals surface area contributed by atoms with Gasteiger partial charge in [-0.25, -0.2) is 18.5 Å². The first-order valence-corrected chi connectivity index (χ1v) is 9.41. The second-order valence-electron chi connectivity index (χ2n) is 6.25. The lowest BCUT2D eigenvalue weighted by molar-refractivity contribution is 0.448. The number of sulfonamides is 1. The highest BCUT2D eigenvalue weighted by atomic mass is 32.2. The van der Waals surface area contributed by atoms with Crippen LogP contribution in [0.5, 0.6) is 0 Å². The zero-order valence-corrected chi connectivity index (χ0v) is 13.6. The van der Waals surface area contributed by atoms with Crippen LogP contribution in [0.15, 0.2) is 33.7 Å². The molecule has 4 rings (SSSR count). The van der Waals surface area contributed by atoms with Crippen LogP contribution in [0.3, 0.4) is 0 Å². The Morgan fingerprint density at radius 2 is 2.17 bits per heavy atom. The molecule has 0 radical (unpaired) electrons. The van der Waals surface area contributed by atoms with Crippen LogP contribution in [0.1, 0.15) is 42.4 Å². The molecule has 0 unspecified atom stereocenters. The molecular weight excluding hydrogens is 314 g/mol. The predicted molar refractivity (Wildman–Crippen MR) is 85.7 cm³/mol. The van der Waals surface area contributed by atoms with Crippen molar-refractivity contribution in [2.75, 3.05) is 11.4 Å². The summed E-state index contributed by atoms with van der Waals surface area (Å²) in [4.78, 5) is 6.71. The van der Waals surface area contributed by atoms with Gasteiger partial charge in [-0.3, -0.25) is 0 Å². The Morgan fingerprint density at radius 3 is 2.91 bits per heavy atom. The number of nitrogens with two attached hydrogens (primary N) is 1. The molecule has 6 nitrogen and oxygen atoms in total. The third-order valence-electron chi connectivity index (χ3n) is 4.49. The highest BCUT2D eigenvalue weighted by Gasteiger charge is 2.28. The number of primary sulfonamides is 1. The van der Waals surface area contributed by atoms with E-state index in [0.717, 1.165) is 36.4 Å². The maximum absolute atomic E-state index is 11.8. The normalized spacial score (nSPS) is 18.0. The van der Waals surface area contributed by atoms with Crippen LogP contribution >= 0.6 is 0 Å². The minimum Gasteiger partial charge on any atom is -0.443 e. The second kappa shape index (κ2) is 5.35. The van der Waals surface area contributed by atoms with Crippen LogP contribution < -0.4 is 10.0 Å². The van der Waals surface area contributed by atoms with Crippen molar-refractivity contribution >= 4 is 15.7 Å². The van der Waals surface area contributed by atoms with E-state index in [2.05, 4.69) is 9.88 Å². The van der Waals surface area contributed by atoms with E-state index in [-0.39, 0.29) is 4.90 Å². The van der Waals surface area contributed by atoms with Gasteiger partial charge in [0.25, 0.3) is 0 Å². The molecule has 1 aliphatic heterocycles. The van der Waals surface area contributed by atoms with Gasteiger partial charge in [-0.1, -0.05) is 6.07 Å². The number of hydrogen-bond donors (Lipinski definition) is 1. The minimum absolute atomic E-state index is 0.228. The first kappa shape index (κ1) is 14.7. The Hall–Kier alpha value is -1.86. The molecule has 0 spiro atoms. The maximum atomic E-state index is 11.8. The summed E-state index contributed by atoms with van der Waals surface area (Å²) in [6.45, 7) is 1.40. The van der Waals surface area contributed by atoms with Gasteiger partial charge >= 0.3 is 0 Å². The number of anilines is 1. The molecule has 2 aliphatic rings. The lowest BCUT2D eigenvalue weighted by atomic mass is 10.0. The Kier molecular flexibility index (Phi) is 3.42. The van der Waals surface area contributed by atoms with Gasteiger partial charge in [0.15, 0.2) is 0 Å². The molecule has 1 aromatic carbocycles. The molecule has 2 aromatic rings. The topological polar surface area (TPSA) is 89.4 Å². The van der Waals surface area contributed by atoms with Gasteiger partial charge in [0.1, 0.15) is 5.76 Å². The van der Waals surface area contributed by atoms with Crippen molar-refractivity contribution in [2.24, 2.45) is 5.14 Å². The number of oxazole rings is 1. The molecule has 0 bridgehead atoms. The first-order chi connectivity index (χ1) is 11.0. The molecule has 0 atom stereocenters. The zero-order valence-electron chi connectivity index (χ0n) is 12.7. The summed E-state index contributed by atoms with van der Waals surface area (Å²) in [7, 11) is -3.71. The monoisotopic (exact) mass is 333 g/mol. The van der Waals surface area contributed by atoms with Gasteiger partial charge in [0, 0.05) is 18.2 Å². The number of hydrogen-bond acceptors (Lipinski definition) is 5. The van der Waals surface area contributed by atoms with Gasteiger partial charge < -0.3 is 9.32 Å². The quantitative estimate of drug-likeness (QED) is 0.926. The molecule has 1 aromatic heterocycles. The van der Waals surface area contributed by atoms with Gasteiger partial charge in [0.2, 0.25) is 15.9 Å². The van der Waals surface area contributed by atoms with E-state index in [1.54, 1.807) is 12.1 Å². The number of rotatable bonds is 4. The Bertz CT molecular complexity index is 840. The summed E-state index contributed by atoms with van der Waals surface area (Å²) in [5.74, 6) is 2.19. The Morgan fingerprint density at radius 1 is 1.35 bits per heavy atom.